The Morgan fingerprint density at radius 3 is 2.00 bits per heavy atom. The van der Waals surface area contributed by atoms with Crippen LogP contribution < -0.4 is 15.5 Å². The van der Waals surface area contributed by atoms with Crippen LogP contribution in [0.25, 0.3) is 0 Å². The van der Waals surface area contributed by atoms with Crippen LogP contribution in [0.2, 0.25) is 5.02 Å². The summed E-state index contributed by atoms with van der Waals surface area (Å²) in [5.74, 6) is -1.13. The highest BCUT2D eigenvalue weighted by atomic mass is 35.5. The third kappa shape index (κ3) is 5.02. The second-order valence-electron chi connectivity index (χ2n) is 6.92. The molecule has 2 aliphatic rings. The minimum atomic E-state index is -1.10. The van der Waals surface area contributed by atoms with Gasteiger partial charge in [0.05, 0.1) is 6.61 Å². The summed E-state index contributed by atoms with van der Waals surface area (Å²) in [6, 6.07) is 13.4. The van der Waals surface area contributed by atoms with Gasteiger partial charge in [-0.15, -0.1) is 0 Å². The molecule has 9 nitrogen and oxygen atoms in total. The van der Waals surface area contributed by atoms with E-state index in [0.717, 1.165) is 0 Å². The van der Waals surface area contributed by atoms with Crippen LogP contribution in [0.4, 0.5) is 17.1 Å². The van der Waals surface area contributed by atoms with Crippen molar-refractivity contribution in [2.45, 2.75) is 12.2 Å². The third-order valence-electron chi connectivity index (χ3n) is 4.83. The highest BCUT2D eigenvalue weighted by molar-refractivity contribution is 6.30. The Bertz CT molecular complexity index is 966. The monoisotopic (exact) mass is 445 g/mol. The molecule has 2 aliphatic heterocycles. The minimum absolute atomic E-state index is 0.0526. The summed E-state index contributed by atoms with van der Waals surface area (Å²) < 4.78 is 15.8. The van der Waals surface area contributed by atoms with Gasteiger partial charge in [0, 0.05) is 28.6 Å². The lowest BCUT2D eigenvalue weighted by atomic mass is 10.1. The molecule has 3 amide bonds. The molecule has 2 fully saturated rings. The van der Waals surface area contributed by atoms with Gasteiger partial charge in [-0.25, -0.2) is 0 Å². The van der Waals surface area contributed by atoms with Gasteiger partial charge in [0.15, 0.2) is 12.2 Å². The molecule has 0 radical (unpaired) electrons. The lowest BCUT2D eigenvalue weighted by molar-refractivity contribution is -0.131. The first-order valence-corrected chi connectivity index (χ1v) is 9.98. The molecule has 0 aliphatic carbocycles. The Labute approximate surface area is 183 Å². The number of halogens is 1. The molecule has 10 heteroatoms. The molecule has 162 valence electrons. The number of anilines is 3. The first-order valence-electron chi connectivity index (χ1n) is 9.60. The van der Waals surface area contributed by atoms with E-state index in [2.05, 4.69) is 10.6 Å². The molecule has 2 atom stereocenters. The molecule has 2 saturated heterocycles. The number of hydrogen-bond acceptors (Lipinski definition) is 6. The van der Waals surface area contributed by atoms with Crippen molar-refractivity contribution in [3.63, 3.8) is 0 Å². The average molecular weight is 446 g/mol. The fraction of sp³-hybridized carbons (Fsp3) is 0.286. The zero-order valence-corrected chi connectivity index (χ0v) is 17.1. The minimum Gasteiger partial charge on any atom is -0.370 e. The Morgan fingerprint density at radius 2 is 1.45 bits per heavy atom. The van der Waals surface area contributed by atoms with Crippen LogP contribution >= 0.6 is 11.6 Å². The molecule has 2 aromatic rings. The van der Waals surface area contributed by atoms with Crippen molar-refractivity contribution in [1.82, 2.24) is 0 Å². The lowest BCUT2D eigenvalue weighted by Crippen LogP contribution is -2.43. The van der Waals surface area contributed by atoms with Crippen molar-refractivity contribution in [1.29, 1.82) is 0 Å². The molecule has 31 heavy (non-hydrogen) atoms. The van der Waals surface area contributed by atoms with Crippen LogP contribution in [0.15, 0.2) is 48.5 Å². The van der Waals surface area contributed by atoms with Crippen LogP contribution in [0.5, 0.6) is 0 Å². The number of nitrogens with one attached hydrogen (secondary N) is 2. The molecule has 2 N–H and O–H groups in total. The third-order valence-corrected chi connectivity index (χ3v) is 5.08. The van der Waals surface area contributed by atoms with Crippen molar-refractivity contribution in [3.05, 3.63) is 53.6 Å². The van der Waals surface area contributed by atoms with Gasteiger partial charge in [0.25, 0.3) is 17.7 Å². The van der Waals surface area contributed by atoms with Crippen LogP contribution in [0.3, 0.4) is 0 Å². The summed E-state index contributed by atoms with van der Waals surface area (Å²) in [5, 5.41) is 5.93. The molecule has 0 saturated carbocycles. The lowest BCUT2D eigenvalue weighted by Gasteiger charge is -2.27. The molecule has 0 spiro atoms. The van der Waals surface area contributed by atoms with Crippen LogP contribution in [0, 0.1) is 0 Å². The molecule has 0 bridgehead atoms. The van der Waals surface area contributed by atoms with Crippen LogP contribution in [0.1, 0.15) is 0 Å². The van der Waals surface area contributed by atoms with E-state index in [4.69, 9.17) is 25.8 Å². The number of carbonyl (C=O) groups excluding carboxylic acids is 3. The van der Waals surface area contributed by atoms with Crippen molar-refractivity contribution in [2.75, 3.05) is 42.1 Å². The van der Waals surface area contributed by atoms with Gasteiger partial charge in [-0.05, 0) is 48.5 Å². The smallest absolute Gasteiger partial charge is 0.256 e. The maximum atomic E-state index is 12.7. The molecule has 0 aromatic heterocycles. The van der Waals surface area contributed by atoms with Crippen molar-refractivity contribution in [3.8, 4) is 0 Å². The maximum Gasteiger partial charge on any atom is 0.256 e. The van der Waals surface area contributed by atoms with E-state index in [1.165, 1.54) is 0 Å². The number of carbonyl (C=O) groups is 3. The first kappa shape index (κ1) is 21.3. The fourth-order valence-electron chi connectivity index (χ4n) is 3.26. The van der Waals surface area contributed by atoms with Gasteiger partial charge in [0.2, 0.25) is 0 Å². The SMILES string of the molecule is O=C(Nc1ccc(Cl)cc1)[C@H]1OCO[C@@H]1C(=O)Nc1ccc(N2CCOCC2=O)cc1. The normalized spacial score (nSPS) is 21.1. The van der Waals surface area contributed by atoms with Gasteiger partial charge in [0.1, 0.15) is 13.4 Å². The van der Waals surface area contributed by atoms with Crippen molar-refractivity contribution in [2.24, 2.45) is 0 Å². The predicted molar refractivity (Wildman–Crippen MR) is 113 cm³/mol. The van der Waals surface area contributed by atoms with E-state index in [0.29, 0.717) is 35.2 Å². The summed E-state index contributed by atoms with van der Waals surface area (Å²) in [6.45, 7) is 0.830. The van der Waals surface area contributed by atoms with E-state index in [1.54, 1.807) is 53.4 Å². The summed E-state index contributed by atoms with van der Waals surface area (Å²) in [5.41, 5.74) is 1.74. The van der Waals surface area contributed by atoms with E-state index in [-0.39, 0.29) is 19.3 Å². The van der Waals surface area contributed by atoms with Gasteiger partial charge in [-0.3, -0.25) is 14.4 Å². The second-order valence-corrected chi connectivity index (χ2v) is 7.36. The van der Waals surface area contributed by atoms with Gasteiger partial charge < -0.3 is 29.7 Å². The van der Waals surface area contributed by atoms with E-state index < -0.39 is 24.0 Å². The summed E-state index contributed by atoms with van der Waals surface area (Å²) >= 11 is 5.84. The molecule has 2 aromatic carbocycles. The van der Waals surface area contributed by atoms with Crippen LogP contribution in [-0.4, -0.2) is 56.5 Å². The molecule has 0 unspecified atom stereocenters. The topological polar surface area (TPSA) is 106 Å². The number of ether oxygens (including phenoxy) is 3. The highest BCUT2D eigenvalue weighted by Gasteiger charge is 2.40. The van der Waals surface area contributed by atoms with Crippen LogP contribution in [-0.2, 0) is 28.6 Å². The number of amides is 3. The first-order chi connectivity index (χ1) is 15.0. The van der Waals surface area contributed by atoms with Gasteiger partial charge >= 0.3 is 0 Å². The van der Waals surface area contributed by atoms with Crippen molar-refractivity contribution < 1.29 is 28.6 Å². The quantitative estimate of drug-likeness (QED) is 0.729. The maximum absolute atomic E-state index is 12.7. The summed E-state index contributed by atoms with van der Waals surface area (Å²) in [4.78, 5) is 38.8. The zero-order valence-electron chi connectivity index (χ0n) is 16.4. The highest BCUT2D eigenvalue weighted by Crippen LogP contribution is 2.22. The van der Waals surface area contributed by atoms with Gasteiger partial charge in [-0.2, -0.15) is 0 Å². The number of rotatable bonds is 5. The molecule has 2 heterocycles. The molecular formula is C21H20ClN3O6. The zero-order chi connectivity index (χ0) is 21.8. The molecular weight excluding hydrogens is 426 g/mol. The summed E-state index contributed by atoms with van der Waals surface area (Å²) in [7, 11) is 0. The number of nitrogens with zero attached hydrogens (tertiary/aromatic N) is 1. The van der Waals surface area contributed by atoms with E-state index >= 15 is 0 Å². The summed E-state index contributed by atoms with van der Waals surface area (Å²) in [6.07, 6.45) is -2.20. The fourth-order valence-corrected chi connectivity index (χ4v) is 3.39. The second kappa shape index (κ2) is 9.44. The van der Waals surface area contributed by atoms with E-state index in [1.807, 2.05) is 0 Å². The average Bonchev–Trinajstić information content (AvgIpc) is 3.27. The van der Waals surface area contributed by atoms with E-state index in [9.17, 15) is 14.4 Å². The number of morpholine rings is 1. The van der Waals surface area contributed by atoms with Gasteiger partial charge in [-0.1, -0.05) is 11.6 Å². The van der Waals surface area contributed by atoms with Crippen molar-refractivity contribution >= 4 is 46.4 Å². The number of benzene rings is 2. The Hall–Kier alpha value is -2.98. The number of hydrogen-bond donors (Lipinski definition) is 2. The standard InChI is InChI=1S/C21H20ClN3O6/c22-13-1-3-14(4-2-13)23-20(27)18-19(31-12-30-18)21(28)24-15-5-7-16(8-6-15)25-9-10-29-11-17(25)26/h1-8,18-19H,9-12H2,(H,23,27)(H,24,28)/t18-,19-/m0/s1. The Kier molecular flexibility index (Phi) is 6.47. The Balaban J connectivity index is 1.37. The largest absolute Gasteiger partial charge is 0.370 e. The predicted octanol–water partition coefficient (Wildman–Crippen LogP) is 2.02. The molecule has 4 rings (SSSR count). The Morgan fingerprint density at radius 1 is 0.903 bits per heavy atom.